The Labute approximate surface area is 487 Å². The molecular formula is C58H80N16O10. The number of carbonyl (C=O) groups excluding carboxylic acids is 9. The molecule has 452 valence electrons. The van der Waals surface area contributed by atoms with E-state index in [0.717, 1.165) is 10.8 Å². The van der Waals surface area contributed by atoms with Gasteiger partial charge in [0, 0.05) is 32.5 Å². The molecule has 1 saturated heterocycles. The van der Waals surface area contributed by atoms with Crippen LogP contribution in [0.4, 0.5) is 0 Å². The molecule has 5 rings (SSSR count). The number of hydrogen-bond donors (Lipinski definition) is 14. The molecule has 9 amide bonds. The highest BCUT2D eigenvalue weighted by atomic mass is 16.3. The monoisotopic (exact) mass is 1160 g/mol. The van der Waals surface area contributed by atoms with E-state index in [0.29, 0.717) is 23.1 Å². The molecule has 1 fully saturated rings. The quantitative estimate of drug-likeness (QED) is 0.0147. The Morgan fingerprint density at radius 2 is 1.10 bits per heavy atom. The first kappa shape index (κ1) is 65.5. The first-order valence-electron chi connectivity index (χ1n) is 27.8. The summed E-state index contributed by atoms with van der Waals surface area (Å²) in [6.07, 6.45) is 0.194. The van der Waals surface area contributed by atoms with E-state index in [1.54, 1.807) is 54.6 Å². The van der Waals surface area contributed by atoms with Crippen LogP contribution in [0.3, 0.4) is 0 Å². The molecular weight excluding hydrogens is 1080 g/mol. The number of carbonyl (C=O) groups is 9. The number of likely N-dealkylation sites (tertiary alicyclic amines) is 1. The lowest BCUT2D eigenvalue weighted by Gasteiger charge is -2.31. The van der Waals surface area contributed by atoms with Crippen LogP contribution in [-0.2, 0) is 62.4 Å². The van der Waals surface area contributed by atoms with Gasteiger partial charge in [-0.15, -0.1) is 0 Å². The third-order valence-corrected chi connectivity index (χ3v) is 14.0. The highest BCUT2D eigenvalue weighted by Gasteiger charge is 2.40. The zero-order valence-electron chi connectivity index (χ0n) is 47.3. The maximum Gasteiger partial charge on any atom is 0.245 e. The second-order valence-electron chi connectivity index (χ2n) is 21.2. The maximum atomic E-state index is 15.1. The number of amides is 9. The van der Waals surface area contributed by atoms with E-state index in [1.165, 1.54) is 17.0 Å². The minimum atomic E-state index is -1.50. The highest BCUT2D eigenvalue weighted by Crippen LogP contribution is 2.23. The molecule has 0 unspecified atom stereocenters. The summed E-state index contributed by atoms with van der Waals surface area (Å²) in [5, 5.41) is 27.8. The van der Waals surface area contributed by atoms with Crippen molar-refractivity contribution in [1.29, 1.82) is 0 Å². The molecule has 0 aromatic heterocycles. The largest absolute Gasteiger partial charge is 0.508 e. The third kappa shape index (κ3) is 20.9. The predicted molar refractivity (Wildman–Crippen MR) is 316 cm³/mol. The standard InChI is InChI=1S/C58H80N16O10/c1-33(2)28-44(72-53(81)45(30-34-12-4-3-5-13-34)71-50(78)40(59)29-35-21-23-38(75)24-22-35)52(80)73-46(31-37-16-8-15-36-14-6-7-17-39(36)37)54(82)69-42(19-10-26-67-58(64)65)56(84)74-27-11-20-47(74)55(83)68-41(18-9-25-66-57(62)63)51(79)70-43(49(61)77)32-48(60)76/h3-8,12-17,21-24,33,40-47,75H,9-11,18-20,25-32,59H2,1-2H3,(H2,60,76)(H2,61,77)(H,68,83)(H,69,82)(H,70,79)(H,71,78)(H,72,81)(H,73,80)(H4,62,63,66)(H4,64,65,67)/t40-,41-,42-,43-,44-,45-,46-,47-/m0/s1. The van der Waals surface area contributed by atoms with E-state index in [-0.39, 0.29) is 101 Å². The molecule has 26 heteroatoms. The van der Waals surface area contributed by atoms with Crippen molar-refractivity contribution in [2.24, 2.45) is 56.0 Å². The lowest BCUT2D eigenvalue weighted by Crippen LogP contribution is -2.60. The van der Waals surface area contributed by atoms with E-state index in [1.807, 2.05) is 44.2 Å². The Morgan fingerprint density at radius 1 is 0.571 bits per heavy atom. The molecule has 1 aliphatic heterocycles. The van der Waals surface area contributed by atoms with E-state index in [4.69, 9.17) is 40.1 Å². The fraction of sp³-hybridized carbons (Fsp3) is 0.431. The van der Waals surface area contributed by atoms with Crippen LogP contribution in [0.15, 0.2) is 107 Å². The molecule has 8 atom stereocenters. The molecule has 4 aromatic rings. The number of hydrogen-bond acceptors (Lipinski definition) is 13. The van der Waals surface area contributed by atoms with Gasteiger partial charge in [0.05, 0.1) is 12.5 Å². The van der Waals surface area contributed by atoms with Gasteiger partial charge < -0.3 is 82.0 Å². The van der Waals surface area contributed by atoms with Crippen molar-refractivity contribution in [3.8, 4) is 5.75 Å². The normalized spacial score (nSPS) is 15.4. The van der Waals surface area contributed by atoms with Crippen LogP contribution in [0.1, 0.15) is 81.9 Å². The van der Waals surface area contributed by atoms with Gasteiger partial charge in [-0.25, -0.2) is 0 Å². The average molecular weight is 1160 g/mol. The Morgan fingerprint density at radius 3 is 1.71 bits per heavy atom. The SMILES string of the molecule is CC(C)C[C@H](NC(=O)[C@H](Cc1ccccc1)NC(=O)[C@@H](N)Cc1ccc(O)cc1)C(=O)N[C@@H](Cc1cccc2ccccc12)C(=O)N[C@@H](CCCN=C(N)N)C(=O)N1CCC[C@H]1C(=O)N[C@@H](CCCN=C(N)N)C(=O)N[C@@H](CC(N)=O)C(N)=O. The molecule has 84 heavy (non-hydrogen) atoms. The lowest BCUT2D eigenvalue weighted by molar-refractivity contribution is -0.142. The van der Waals surface area contributed by atoms with Crippen LogP contribution in [-0.4, -0.2) is 143 Å². The Hall–Kier alpha value is -9.33. The molecule has 0 bridgehead atoms. The van der Waals surface area contributed by atoms with Gasteiger partial charge >= 0.3 is 0 Å². The van der Waals surface area contributed by atoms with Crippen LogP contribution in [0.2, 0.25) is 0 Å². The van der Waals surface area contributed by atoms with Gasteiger partial charge in [-0.3, -0.25) is 53.1 Å². The van der Waals surface area contributed by atoms with Crippen molar-refractivity contribution >= 4 is 75.9 Å². The lowest BCUT2D eigenvalue weighted by atomic mass is 9.96. The number of nitrogens with zero attached hydrogens (tertiary/aromatic N) is 3. The van der Waals surface area contributed by atoms with Crippen molar-refractivity contribution < 1.29 is 48.3 Å². The van der Waals surface area contributed by atoms with Gasteiger partial charge in [0.1, 0.15) is 48.0 Å². The van der Waals surface area contributed by atoms with Gasteiger partial charge in [0.2, 0.25) is 53.2 Å². The summed E-state index contributed by atoms with van der Waals surface area (Å²) in [4.78, 5) is 134. The number of benzene rings is 4. The summed E-state index contributed by atoms with van der Waals surface area (Å²) in [5.41, 5.74) is 41.3. The van der Waals surface area contributed by atoms with Crippen molar-refractivity contribution in [1.82, 2.24) is 36.8 Å². The van der Waals surface area contributed by atoms with Gasteiger partial charge in [-0.1, -0.05) is 98.8 Å². The molecule has 0 aliphatic carbocycles. The zero-order chi connectivity index (χ0) is 61.5. The van der Waals surface area contributed by atoms with Crippen LogP contribution >= 0.6 is 0 Å². The van der Waals surface area contributed by atoms with Gasteiger partial charge in [0.25, 0.3) is 0 Å². The fourth-order valence-electron chi connectivity index (χ4n) is 9.74. The number of rotatable bonds is 32. The topological polar surface area (TPSA) is 456 Å². The number of phenolic OH excluding ortho intramolecular Hbond substituents is 1. The van der Waals surface area contributed by atoms with Crippen LogP contribution < -0.4 is 72.0 Å². The number of guanidine groups is 2. The van der Waals surface area contributed by atoms with Crippen molar-refractivity contribution in [3.63, 3.8) is 0 Å². The maximum absolute atomic E-state index is 15.1. The average Bonchev–Trinajstić information content (AvgIpc) is 3.69. The summed E-state index contributed by atoms with van der Waals surface area (Å²) < 4.78 is 0. The summed E-state index contributed by atoms with van der Waals surface area (Å²) in [5.74, 6) is -7.73. The molecule has 1 aliphatic rings. The summed E-state index contributed by atoms with van der Waals surface area (Å²) in [6.45, 7) is 3.86. The number of phenols is 1. The van der Waals surface area contributed by atoms with Gasteiger partial charge in [0.15, 0.2) is 11.9 Å². The smallest absolute Gasteiger partial charge is 0.245 e. The van der Waals surface area contributed by atoms with Crippen molar-refractivity contribution in [2.45, 2.75) is 133 Å². The zero-order valence-corrected chi connectivity index (χ0v) is 47.3. The first-order valence-corrected chi connectivity index (χ1v) is 27.8. The first-order chi connectivity index (χ1) is 40.0. The molecule has 21 N–H and O–H groups in total. The minimum Gasteiger partial charge on any atom is -0.508 e. The van der Waals surface area contributed by atoms with Crippen LogP contribution in [0.25, 0.3) is 10.8 Å². The van der Waals surface area contributed by atoms with Gasteiger partial charge in [-0.2, -0.15) is 0 Å². The number of nitrogens with one attached hydrogen (secondary N) is 6. The summed E-state index contributed by atoms with van der Waals surface area (Å²) in [6, 6.07) is 17.8. The third-order valence-electron chi connectivity index (χ3n) is 14.0. The Kier molecular flexibility index (Phi) is 25.2. The van der Waals surface area contributed by atoms with E-state index >= 15 is 4.79 Å². The van der Waals surface area contributed by atoms with Crippen molar-refractivity contribution in [3.05, 3.63) is 114 Å². The second kappa shape index (κ2) is 32.3. The molecule has 1 heterocycles. The Balaban J connectivity index is 1.44. The molecule has 4 aromatic carbocycles. The molecule has 26 nitrogen and oxygen atoms in total. The second-order valence-corrected chi connectivity index (χ2v) is 21.2. The van der Waals surface area contributed by atoms with E-state index < -0.39 is 108 Å². The summed E-state index contributed by atoms with van der Waals surface area (Å²) in [7, 11) is 0. The number of primary amides is 2. The molecule has 0 spiro atoms. The predicted octanol–water partition coefficient (Wildman–Crippen LogP) is -1.69. The van der Waals surface area contributed by atoms with Crippen molar-refractivity contribution in [2.75, 3.05) is 19.6 Å². The highest BCUT2D eigenvalue weighted by molar-refractivity contribution is 5.99. The number of aromatic hydroxyl groups is 1. The Bertz CT molecular complexity index is 2980. The van der Waals surface area contributed by atoms with E-state index in [9.17, 15) is 43.5 Å². The van der Waals surface area contributed by atoms with E-state index in [2.05, 4.69) is 41.9 Å². The number of fused-ring (bicyclic) bond motifs is 1. The fourth-order valence-corrected chi connectivity index (χ4v) is 9.74. The van der Waals surface area contributed by atoms with Gasteiger partial charge in [-0.05, 0) is 96.9 Å². The minimum absolute atomic E-state index is 0.0248. The molecule has 0 radical (unpaired) electrons. The summed E-state index contributed by atoms with van der Waals surface area (Å²) >= 11 is 0. The molecule has 0 saturated carbocycles. The van der Waals surface area contributed by atoms with Crippen LogP contribution in [0.5, 0.6) is 5.75 Å². The number of nitrogens with two attached hydrogens (primary N) is 7. The van der Waals surface area contributed by atoms with Crippen LogP contribution in [0, 0.1) is 5.92 Å². The number of aliphatic imine (C=N–C) groups is 2.